The van der Waals surface area contributed by atoms with Crippen molar-refractivity contribution in [3.05, 3.63) is 29.8 Å². The van der Waals surface area contributed by atoms with E-state index in [1.807, 2.05) is 0 Å². The molecule has 1 fully saturated rings. The Labute approximate surface area is 111 Å². The molecule has 1 aromatic rings. The fourth-order valence-corrected chi connectivity index (χ4v) is 2.57. The van der Waals surface area contributed by atoms with Crippen LogP contribution in [0, 0.1) is 0 Å². The summed E-state index contributed by atoms with van der Waals surface area (Å²) in [6.07, 6.45) is 2.84. The number of hydrogen-bond acceptors (Lipinski definition) is 3. The van der Waals surface area contributed by atoms with Gasteiger partial charge in [0.05, 0.1) is 6.42 Å². The lowest BCUT2D eigenvalue weighted by molar-refractivity contribution is -0.147. The Morgan fingerprint density at radius 3 is 2.58 bits per heavy atom. The third kappa shape index (κ3) is 3.05. The maximum Gasteiger partial charge on any atom is 0.329 e. The lowest BCUT2D eigenvalue weighted by Gasteiger charge is -2.25. The van der Waals surface area contributed by atoms with E-state index < -0.39 is 11.5 Å². The Bertz CT molecular complexity index is 493. The average Bonchev–Trinajstić information content (AvgIpc) is 2.78. The molecule has 0 heterocycles. The molecule has 19 heavy (non-hydrogen) atoms. The Hall–Kier alpha value is -2.04. The molecule has 0 saturated heterocycles. The molecule has 5 nitrogen and oxygen atoms in total. The number of nitrogens with two attached hydrogens (primary N) is 1. The van der Waals surface area contributed by atoms with Gasteiger partial charge in [-0.3, -0.25) is 4.79 Å². The van der Waals surface area contributed by atoms with Gasteiger partial charge in [0.25, 0.3) is 0 Å². The molecule has 0 radical (unpaired) electrons. The zero-order valence-electron chi connectivity index (χ0n) is 10.7. The summed E-state index contributed by atoms with van der Waals surface area (Å²) in [6.45, 7) is 0. The van der Waals surface area contributed by atoms with Gasteiger partial charge in [-0.25, -0.2) is 4.79 Å². The monoisotopic (exact) mass is 262 g/mol. The summed E-state index contributed by atoms with van der Waals surface area (Å²) in [7, 11) is 0. The molecule has 1 aliphatic carbocycles. The van der Waals surface area contributed by atoms with Crippen molar-refractivity contribution in [3.8, 4) is 0 Å². The standard InChI is InChI=1S/C14H18N2O3/c15-11-5-3-4-10(8-11)9-12(17)16-14(13(18)19)6-1-2-7-14/h3-5,8H,1-2,6-7,9,15H2,(H,16,17)(H,18,19). The summed E-state index contributed by atoms with van der Waals surface area (Å²) in [5, 5.41) is 12.0. The average molecular weight is 262 g/mol. The van der Waals surface area contributed by atoms with Crippen LogP contribution in [0.1, 0.15) is 31.2 Å². The Morgan fingerprint density at radius 1 is 1.32 bits per heavy atom. The van der Waals surface area contributed by atoms with Crippen LogP contribution in [0.2, 0.25) is 0 Å². The van der Waals surface area contributed by atoms with Crippen LogP contribution < -0.4 is 11.1 Å². The van der Waals surface area contributed by atoms with E-state index in [0.717, 1.165) is 18.4 Å². The fourth-order valence-electron chi connectivity index (χ4n) is 2.57. The van der Waals surface area contributed by atoms with Crippen molar-refractivity contribution in [2.24, 2.45) is 0 Å². The van der Waals surface area contributed by atoms with Crippen LogP contribution in [0.15, 0.2) is 24.3 Å². The number of benzene rings is 1. The van der Waals surface area contributed by atoms with Crippen molar-refractivity contribution >= 4 is 17.6 Å². The molecule has 1 aliphatic rings. The molecule has 0 aliphatic heterocycles. The molecule has 0 bridgehead atoms. The van der Waals surface area contributed by atoms with Gasteiger partial charge in [-0.05, 0) is 30.5 Å². The van der Waals surface area contributed by atoms with Crippen LogP contribution in [0.3, 0.4) is 0 Å². The van der Waals surface area contributed by atoms with Crippen LogP contribution in [0.4, 0.5) is 5.69 Å². The van der Waals surface area contributed by atoms with Gasteiger partial charge in [0.1, 0.15) is 5.54 Å². The highest BCUT2D eigenvalue weighted by molar-refractivity contribution is 5.88. The number of anilines is 1. The van der Waals surface area contributed by atoms with Gasteiger partial charge in [0.15, 0.2) is 0 Å². The molecule has 1 saturated carbocycles. The van der Waals surface area contributed by atoms with E-state index >= 15 is 0 Å². The molecule has 2 rings (SSSR count). The minimum Gasteiger partial charge on any atom is -0.480 e. The molecule has 1 aromatic carbocycles. The Morgan fingerprint density at radius 2 is 2.00 bits per heavy atom. The first-order valence-corrected chi connectivity index (χ1v) is 6.41. The molecule has 0 spiro atoms. The molecule has 5 heteroatoms. The zero-order valence-corrected chi connectivity index (χ0v) is 10.7. The van der Waals surface area contributed by atoms with Crippen LogP contribution in [-0.4, -0.2) is 22.5 Å². The maximum absolute atomic E-state index is 12.0. The minimum atomic E-state index is -1.07. The number of amides is 1. The number of aliphatic carboxylic acids is 1. The fraction of sp³-hybridized carbons (Fsp3) is 0.429. The smallest absolute Gasteiger partial charge is 0.329 e. The Balaban J connectivity index is 2.02. The predicted octanol–water partition coefficient (Wildman–Crippen LogP) is 1.32. The van der Waals surface area contributed by atoms with Gasteiger partial charge in [-0.15, -0.1) is 0 Å². The van der Waals surface area contributed by atoms with Gasteiger partial charge < -0.3 is 16.2 Å². The molecule has 0 atom stereocenters. The van der Waals surface area contributed by atoms with Crippen molar-refractivity contribution in [3.63, 3.8) is 0 Å². The minimum absolute atomic E-state index is 0.153. The van der Waals surface area contributed by atoms with Crippen molar-refractivity contribution in [1.82, 2.24) is 5.32 Å². The molecule has 0 aromatic heterocycles. The summed E-state index contributed by atoms with van der Waals surface area (Å²) >= 11 is 0. The van der Waals surface area contributed by atoms with Gasteiger partial charge in [-0.1, -0.05) is 25.0 Å². The van der Waals surface area contributed by atoms with Crippen molar-refractivity contribution in [2.45, 2.75) is 37.6 Å². The molecule has 0 unspecified atom stereocenters. The molecular weight excluding hydrogens is 244 g/mol. The number of carboxylic acid groups (broad SMARTS) is 1. The van der Waals surface area contributed by atoms with Crippen LogP contribution in [-0.2, 0) is 16.0 Å². The number of carbonyl (C=O) groups excluding carboxylic acids is 1. The highest BCUT2D eigenvalue weighted by atomic mass is 16.4. The zero-order chi connectivity index (χ0) is 13.9. The number of nitrogen functional groups attached to an aromatic ring is 1. The number of carboxylic acids is 1. The highest BCUT2D eigenvalue weighted by Gasteiger charge is 2.42. The number of carbonyl (C=O) groups is 2. The summed E-state index contributed by atoms with van der Waals surface area (Å²) in [5.41, 5.74) is 5.96. The first kappa shape index (κ1) is 13.4. The number of rotatable bonds is 4. The first-order valence-electron chi connectivity index (χ1n) is 6.41. The third-order valence-electron chi connectivity index (χ3n) is 3.56. The van der Waals surface area contributed by atoms with Crippen molar-refractivity contribution < 1.29 is 14.7 Å². The second-order valence-corrected chi connectivity index (χ2v) is 5.06. The van der Waals surface area contributed by atoms with E-state index in [-0.39, 0.29) is 12.3 Å². The second kappa shape index (κ2) is 5.30. The van der Waals surface area contributed by atoms with E-state index in [2.05, 4.69) is 5.32 Å². The van der Waals surface area contributed by atoms with Crippen LogP contribution >= 0.6 is 0 Å². The van der Waals surface area contributed by atoms with Gasteiger partial charge in [0.2, 0.25) is 5.91 Å². The molecule has 102 valence electrons. The van der Waals surface area contributed by atoms with Gasteiger partial charge in [0, 0.05) is 5.69 Å². The molecule has 1 amide bonds. The maximum atomic E-state index is 12.0. The van der Waals surface area contributed by atoms with E-state index in [1.54, 1.807) is 24.3 Å². The largest absolute Gasteiger partial charge is 0.480 e. The topological polar surface area (TPSA) is 92.4 Å². The van der Waals surface area contributed by atoms with Gasteiger partial charge >= 0.3 is 5.97 Å². The van der Waals surface area contributed by atoms with E-state index in [0.29, 0.717) is 18.5 Å². The second-order valence-electron chi connectivity index (χ2n) is 5.06. The lowest BCUT2D eigenvalue weighted by Crippen LogP contribution is -2.52. The van der Waals surface area contributed by atoms with E-state index in [4.69, 9.17) is 5.73 Å². The van der Waals surface area contributed by atoms with Gasteiger partial charge in [-0.2, -0.15) is 0 Å². The predicted molar refractivity (Wildman–Crippen MR) is 71.5 cm³/mol. The Kier molecular flexibility index (Phi) is 3.74. The summed E-state index contributed by atoms with van der Waals surface area (Å²) in [6, 6.07) is 7.05. The lowest BCUT2D eigenvalue weighted by atomic mass is 9.97. The normalized spacial score (nSPS) is 17.1. The molecule has 4 N–H and O–H groups in total. The summed E-state index contributed by atoms with van der Waals surface area (Å²) in [4.78, 5) is 23.3. The van der Waals surface area contributed by atoms with Crippen molar-refractivity contribution in [1.29, 1.82) is 0 Å². The van der Waals surface area contributed by atoms with Crippen molar-refractivity contribution in [2.75, 3.05) is 5.73 Å². The quantitative estimate of drug-likeness (QED) is 0.714. The van der Waals surface area contributed by atoms with E-state index in [1.165, 1.54) is 0 Å². The number of nitrogens with one attached hydrogen (secondary N) is 1. The van der Waals surface area contributed by atoms with Crippen LogP contribution in [0.25, 0.3) is 0 Å². The first-order chi connectivity index (χ1) is 9.02. The SMILES string of the molecule is Nc1cccc(CC(=O)NC2(C(=O)O)CCCC2)c1. The summed E-state index contributed by atoms with van der Waals surface area (Å²) < 4.78 is 0. The van der Waals surface area contributed by atoms with E-state index in [9.17, 15) is 14.7 Å². The third-order valence-corrected chi connectivity index (χ3v) is 3.56. The highest BCUT2D eigenvalue weighted by Crippen LogP contribution is 2.30. The number of hydrogen-bond donors (Lipinski definition) is 3. The molecular formula is C14H18N2O3. The summed E-state index contributed by atoms with van der Waals surface area (Å²) in [5.74, 6) is -1.21. The van der Waals surface area contributed by atoms with Crippen LogP contribution in [0.5, 0.6) is 0 Å².